The molecule has 1 saturated carbocycles. The molecule has 1 unspecified atom stereocenters. The summed E-state index contributed by atoms with van der Waals surface area (Å²) in [5.74, 6) is 0.825. The Hall–Kier alpha value is -3.52. The van der Waals surface area contributed by atoms with Gasteiger partial charge in [0.1, 0.15) is 6.04 Å². The molecular weight excluding hydrogens is 700 g/mol. The smallest absolute Gasteiger partial charge is 0.369 e. The predicted molar refractivity (Wildman–Crippen MR) is 194 cm³/mol. The van der Waals surface area contributed by atoms with Crippen molar-refractivity contribution in [3.63, 3.8) is 0 Å². The maximum atomic E-state index is 13.1. The number of alkyl halides is 3. The summed E-state index contributed by atoms with van der Waals surface area (Å²) in [4.78, 5) is 38.6. The van der Waals surface area contributed by atoms with Gasteiger partial charge in [0.15, 0.2) is 5.82 Å². The van der Waals surface area contributed by atoms with E-state index in [1.54, 1.807) is 36.4 Å². The first-order valence-electron chi connectivity index (χ1n) is 17.7. The second kappa shape index (κ2) is 16.0. The highest BCUT2D eigenvalue weighted by atomic mass is 32.2. The topological polar surface area (TPSA) is 121 Å². The normalized spacial score (nSPS) is 19.8. The van der Waals surface area contributed by atoms with Crippen LogP contribution in [0.3, 0.4) is 0 Å². The van der Waals surface area contributed by atoms with Crippen molar-refractivity contribution >= 4 is 38.9 Å². The molecule has 3 aromatic rings. The van der Waals surface area contributed by atoms with Gasteiger partial charge in [0.25, 0.3) is 11.8 Å². The number of halogens is 3. The molecule has 51 heavy (non-hydrogen) atoms. The van der Waals surface area contributed by atoms with E-state index in [0.29, 0.717) is 17.0 Å². The van der Waals surface area contributed by atoms with Crippen LogP contribution in [0.4, 0.5) is 18.9 Å². The molecule has 2 N–H and O–H groups in total. The number of piperidine rings is 1. The molecule has 9 nitrogen and oxygen atoms in total. The molecular formula is C37H48F3N5O4S2. The number of anilines is 1. The van der Waals surface area contributed by atoms with Crippen LogP contribution < -0.4 is 14.9 Å². The van der Waals surface area contributed by atoms with Crippen molar-refractivity contribution in [1.82, 2.24) is 20.0 Å². The highest BCUT2D eigenvalue weighted by molar-refractivity contribution is 7.90. The van der Waals surface area contributed by atoms with Crippen molar-refractivity contribution in [1.29, 1.82) is 0 Å². The van der Waals surface area contributed by atoms with Gasteiger partial charge in [0, 0.05) is 30.0 Å². The molecule has 1 atom stereocenters. The summed E-state index contributed by atoms with van der Waals surface area (Å²) in [5, 5.41) is 2.43. The maximum Gasteiger partial charge on any atom is 0.516 e. The molecule has 2 aliphatic rings. The Labute approximate surface area is 302 Å². The molecule has 0 radical (unpaired) electrons. The zero-order valence-corrected chi connectivity index (χ0v) is 31.3. The Morgan fingerprint density at radius 1 is 0.922 bits per heavy atom. The number of nitrogens with zero attached hydrogens (tertiary/aromatic N) is 3. The van der Waals surface area contributed by atoms with Crippen molar-refractivity contribution in [2.75, 3.05) is 18.0 Å². The fourth-order valence-corrected chi connectivity index (χ4v) is 8.70. The van der Waals surface area contributed by atoms with Crippen molar-refractivity contribution in [2.24, 2.45) is 17.8 Å². The third-order valence-electron chi connectivity index (χ3n) is 10.2. The first-order chi connectivity index (χ1) is 24.0. The number of carbonyl (C=O) groups excluding carboxylic acids is 2. The van der Waals surface area contributed by atoms with Crippen molar-refractivity contribution < 1.29 is 31.2 Å². The molecule has 1 aromatic carbocycles. The number of hydrogen-bond acceptors (Lipinski definition) is 8. The molecule has 2 fully saturated rings. The lowest BCUT2D eigenvalue weighted by Gasteiger charge is -2.39. The minimum Gasteiger partial charge on any atom is -0.369 e. The fraction of sp³-hybridized carbons (Fsp3) is 0.568. The summed E-state index contributed by atoms with van der Waals surface area (Å²) in [6, 6.07) is 8.41. The number of rotatable bonds is 11. The molecule has 0 spiro atoms. The zero-order valence-electron chi connectivity index (χ0n) is 29.6. The van der Waals surface area contributed by atoms with Crippen LogP contribution in [-0.2, 0) is 26.7 Å². The van der Waals surface area contributed by atoms with Gasteiger partial charge in [0.2, 0.25) is 0 Å². The quantitative estimate of drug-likeness (QED) is 0.207. The number of hydrogen-bond donors (Lipinski definition) is 2. The molecule has 3 heterocycles. The SMILES string of the molecule is CCC[C@H]1CC[C@H](C2CCN(c3cnc(-c4ccc(CC(NC(=O)c5ccc(C(C)(C)C)s5)C(=O)NS(=O)(=O)C(F)(F)F)cc4)nc3)CC2)CC1. The number of sulfonamides is 1. The summed E-state index contributed by atoms with van der Waals surface area (Å²) in [6.45, 7) is 10.1. The van der Waals surface area contributed by atoms with Gasteiger partial charge in [-0.25, -0.2) is 14.7 Å². The summed E-state index contributed by atoms with van der Waals surface area (Å²) in [5.41, 5.74) is -3.83. The minimum absolute atomic E-state index is 0.237. The molecule has 1 aliphatic carbocycles. The Bertz CT molecular complexity index is 1740. The van der Waals surface area contributed by atoms with Crippen LogP contribution in [0.25, 0.3) is 11.4 Å². The van der Waals surface area contributed by atoms with Crippen LogP contribution >= 0.6 is 11.3 Å². The average molecular weight is 748 g/mol. The third-order valence-corrected chi connectivity index (χ3v) is 12.8. The number of nitrogens with one attached hydrogen (secondary N) is 2. The van der Waals surface area contributed by atoms with Gasteiger partial charge < -0.3 is 10.2 Å². The van der Waals surface area contributed by atoms with Gasteiger partial charge in [-0.2, -0.15) is 21.6 Å². The van der Waals surface area contributed by atoms with E-state index in [2.05, 4.69) is 27.1 Å². The van der Waals surface area contributed by atoms with E-state index in [0.717, 1.165) is 46.1 Å². The molecule has 1 aliphatic heterocycles. The van der Waals surface area contributed by atoms with Crippen LogP contribution in [0.15, 0.2) is 48.8 Å². The molecule has 2 aromatic heterocycles. The summed E-state index contributed by atoms with van der Waals surface area (Å²) in [6.07, 6.45) is 13.9. The molecule has 0 bridgehead atoms. The lowest BCUT2D eigenvalue weighted by atomic mass is 9.72. The van der Waals surface area contributed by atoms with Crippen molar-refractivity contribution in [3.05, 3.63) is 64.1 Å². The van der Waals surface area contributed by atoms with Crippen LogP contribution in [-0.4, -0.2) is 54.8 Å². The Morgan fingerprint density at radius 2 is 1.53 bits per heavy atom. The van der Waals surface area contributed by atoms with Gasteiger partial charge >= 0.3 is 15.5 Å². The van der Waals surface area contributed by atoms with E-state index in [9.17, 15) is 31.2 Å². The average Bonchev–Trinajstić information content (AvgIpc) is 3.60. The van der Waals surface area contributed by atoms with Gasteiger partial charge in [-0.1, -0.05) is 77.6 Å². The van der Waals surface area contributed by atoms with Gasteiger partial charge in [-0.15, -0.1) is 11.3 Å². The second-order valence-corrected chi connectivity index (χ2v) is 17.7. The van der Waals surface area contributed by atoms with Crippen LogP contribution in [0, 0.1) is 17.8 Å². The van der Waals surface area contributed by atoms with E-state index >= 15 is 0 Å². The third kappa shape index (κ3) is 9.88. The number of benzene rings is 1. The lowest BCUT2D eigenvalue weighted by Crippen LogP contribution is -2.51. The first kappa shape index (κ1) is 38.7. The van der Waals surface area contributed by atoms with Crippen LogP contribution in [0.5, 0.6) is 0 Å². The largest absolute Gasteiger partial charge is 0.516 e. The Morgan fingerprint density at radius 3 is 2.08 bits per heavy atom. The molecule has 278 valence electrons. The summed E-state index contributed by atoms with van der Waals surface area (Å²) in [7, 11) is -5.98. The van der Waals surface area contributed by atoms with Gasteiger partial charge in [0.05, 0.1) is 23.0 Å². The first-order valence-corrected chi connectivity index (χ1v) is 20.0. The van der Waals surface area contributed by atoms with Gasteiger partial charge in [-0.3, -0.25) is 9.59 Å². The summed E-state index contributed by atoms with van der Waals surface area (Å²) < 4.78 is 63.8. The maximum absolute atomic E-state index is 13.1. The number of aromatic nitrogens is 2. The molecule has 2 amide bonds. The van der Waals surface area contributed by atoms with E-state index in [1.807, 2.05) is 33.2 Å². The standard InChI is InChI=1S/C37H48F3N5O4S2/c1-5-6-24-7-11-26(12-8-24)27-17-19-45(20-18-27)29-22-41-33(42-23-29)28-13-9-25(10-14-28)21-30(34(46)44-51(48,49)37(38,39)40)43-35(47)31-15-16-32(50-31)36(2,3)4/h9-10,13-16,22-24,26-27,30H,5-8,11-12,17-21H2,1-4H3,(H,43,47)(H,44,46)/t24-,26-,30?. The predicted octanol–water partition coefficient (Wildman–Crippen LogP) is 7.63. The number of carbonyl (C=O) groups is 2. The highest BCUT2D eigenvalue weighted by Gasteiger charge is 2.47. The second-order valence-electron chi connectivity index (χ2n) is 14.9. The van der Waals surface area contributed by atoms with E-state index in [4.69, 9.17) is 0 Å². The number of amides is 2. The molecule has 14 heteroatoms. The van der Waals surface area contributed by atoms with E-state index in [-0.39, 0.29) is 16.7 Å². The highest BCUT2D eigenvalue weighted by Crippen LogP contribution is 2.40. The van der Waals surface area contributed by atoms with Gasteiger partial charge in [-0.05, 0) is 66.5 Å². The molecule has 5 rings (SSSR count). The summed E-state index contributed by atoms with van der Waals surface area (Å²) >= 11 is 1.18. The van der Waals surface area contributed by atoms with Crippen LogP contribution in [0.2, 0.25) is 0 Å². The Balaban J connectivity index is 1.21. The monoisotopic (exact) mass is 747 g/mol. The Kier molecular flexibility index (Phi) is 12.2. The molecule has 1 saturated heterocycles. The number of thiophene rings is 1. The minimum atomic E-state index is -5.98. The van der Waals surface area contributed by atoms with Crippen LogP contribution in [0.1, 0.15) is 99.2 Å². The zero-order chi connectivity index (χ0) is 37.0. The van der Waals surface area contributed by atoms with Crippen molar-refractivity contribution in [2.45, 2.75) is 102 Å². The lowest BCUT2D eigenvalue weighted by molar-refractivity contribution is -0.121. The van der Waals surface area contributed by atoms with E-state index in [1.165, 1.54) is 62.7 Å². The van der Waals surface area contributed by atoms with Crippen molar-refractivity contribution in [3.8, 4) is 11.4 Å². The fourth-order valence-electron chi connectivity index (χ4n) is 7.21. The van der Waals surface area contributed by atoms with E-state index < -0.39 is 33.4 Å².